The highest BCUT2D eigenvalue weighted by Crippen LogP contribution is 2.34. The van der Waals surface area contributed by atoms with E-state index in [0.29, 0.717) is 22.7 Å². The van der Waals surface area contributed by atoms with E-state index in [1.807, 2.05) is 0 Å². The number of hydrogen-bond acceptors (Lipinski definition) is 2. The molecule has 0 saturated carbocycles. The SMILES string of the molecule is Cn1cc(Cl)cc1C(=O)N1C[C@H](O)C[C@@H]1c1cccc(F)c1. The standard InChI is InChI=1S/C16H16ClFN2O2/c1-19-8-11(17)6-15(19)16(22)20-9-13(21)7-14(20)10-3-2-4-12(18)5-10/h2-6,8,13-14,21H,7,9H2,1H3/t13-,14-/m1/s1. The number of halogens is 2. The molecular weight excluding hydrogens is 307 g/mol. The van der Waals surface area contributed by atoms with Crippen LogP contribution in [0.5, 0.6) is 0 Å². The summed E-state index contributed by atoms with van der Waals surface area (Å²) in [5.41, 5.74) is 1.13. The molecule has 2 aromatic rings. The fourth-order valence-electron chi connectivity index (χ4n) is 2.95. The van der Waals surface area contributed by atoms with Gasteiger partial charge in [0.15, 0.2) is 0 Å². The molecule has 22 heavy (non-hydrogen) atoms. The Kier molecular flexibility index (Phi) is 3.93. The van der Waals surface area contributed by atoms with Crippen molar-refractivity contribution in [3.05, 3.63) is 58.6 Å². The summed E-state index contributed by atoms with van der Waals surface area (Å²) >= 11 is 5.93. The number of β-amino-alcohol motifs (C(OH)–C–C–N with tert-alkyl or cyclic N) is 1. The van der Waals surface area contributed by atoms with Gasteiger partial charge in [0.25, 0.3) is 5.91 Å². The van der Waals surface area contributed by atoms with Crippen molar-refractivity contribution in [2.24, 2.45) is 7.05 Å². The average molecular weight is 323 g/mol. The first-order valence-corrected chi connectivity index (χ1v) is 7.40. The van der Waals surface area contributed by atoms with E-state index in [0.717, 1.165) is 0 Å². The van der Waals surface area contributed by atoms with Gasteiger partial charge in [0.1, 0.15) is 11.5 Å². The lowest BCUT2D eigenvalue weighted by molar-refractivity contribution is 0.0706. The molecule has 0 aliphatic carbocycles. The summed E-state index contributed by atoms with van der Waals surface area (Å²) in [6, 6.07) is 7.39. The van der Waals surface area contributed by atoms with Gasteiger partial charge in [-0.15, -0.1) is 0 Å². The van der Waals surface area contributed by atoms with Crippen LogP contribution in [0.1, 0.15) is 28.5 Å². The van der Waals surface area contributed by atoms with Crippen molar-refractivity contribution in [2.45, 2.75) is 18.6 Å². The van der Waals surface area contributed by atoms with Gasteiger partial charge in [-0.1, -0.05) is 23.7 Å². The molecule has 2 heterocycles. The van der Waals surface area contributed by atoms with Crippen molar-refractivity contribution in [1.29, 1.82) is 0 Å². The van der Waals surface area contributed by atoms with Crippen LogP contribution in [-0.4, -0.2) is 33.1 Å². The van der Waals surface area contributed by atoms with Crippen LogP contribution in [0.25, 0.3) is 0 Å². The molecule has 6 heteroatoms. The Labute approximate surface area is 132 Å². The minimum atomic E-state index is -0.618. The molecular formula is C16H16ClFN2O2. The predicted molar refractivity (Wildman–Crippen MR) is 81.2 cm³/mol. The van der Waals surface area contributed by atoms with Crippen molar-refractivity contribution in [3.63, 3.8) is 0 Å². The Morgan fingerprint density at radius 1 is 1.41 bits per heavy atom. The van der Waals surface area contributed by atoms with E-state index in [-0.39, 0.29) is 24.3 Å². The van der Waals surface area contributed by atoms with Crippen molar-refractivity contribution >= 4 is 17.5 Å². The number of aliphatic hydroxyl groups excluding tert-OH is 1. The van der Waals surface area contributed by atoms with Crippen molar-refractivity contribution in [1.82, 2.24) is 9.47 Å². The summed E-state index contributed by atoms with van der Waals surface area (Å²) in [6.45, 7) is 0.225. The van der Waals surface area contributed by atoms with Crippen LogP contribution >= 0.6 is 11.6 Å². The number of likely N-dealkylation sites (tertiary alicyclic amines) is 1. The monoisotopic (exact) mass is 322 g/mol. The topological polar surface area (TPSA) is 45.5 Å². The van der Waals surface area contributed by atoms with E-state index in [1.54, 1.807) is 40.9 Å². The van der Waals surface area contributed by atoms with E-state index in [4.69, 9.17) is 11.6 Å². The van der Waals surface area contributed by atoms with Crippen molar-refractivity contribution < 1.29 is 14.3 Å². The van der Waals surface area contributed by atoms with Gasteiger partial charge in [-0.3, -0.25) is 4.79 Å². The average Bonchev–Trinajstić information content (AvgIpc) is 3.01. The Morgan fingerprint density at radius 3 is 2.82 bits per heavy atom. The predicted octanol–water partition coefficient (Wildman–Crippen LogP) is 2.77. The zero-order chi connectivity index (χ0) is 15.9. The van der Waals surface area contributed by atoms with Gasteiger partial charge in [0, 0.05) is 19.8 Å². The van der Waals surface area contributed by atoms with E-state index in [9.17, 15) is 14.3 Å². The maximum Gasteiger partial charge on any atom is 0.271 e. The molecule has 1 aromatic carbocycles. The fourth-order valence-corrected chi connectivity index (χ4v) is 3.20. The number of rotatable bonds is 2. The highest BCUT2D eigenvalue weighted by atomic mass is 35.5. The molecule has 3 rings (SSSR count). The van der Waals surface area contributed by atoms with Crippen molar-refractivity contribution in [2.75, 3.05) is 6.54 Å². The number of nitrogens with zero attached hydrogens (tertiary/aromatic N) is 2. The molecule has 1 amide bonds. The maximum atomic E-state index is 13.4. The van der Waals surface area contributed by atoms with E-state index < -0.39 is 6.10 Å². The molecule has 0 radical (unpaired) electrons. The summed E-state index contributed by atoms with van der Waals surface area (Å²) in [4.78, 5) is 14.3. The van der Waals surface area contributed by atoms with Gasteiger partial charge >= 0.3 is 0 Å². The number of benzene rings is 1. The second kappa shape index (κ2) is 5.74. The summed E-state index contributed by atoms with van der Waals surface area (Å²) < 4.78 is 15.1. The number of carbonyl (C=O) groups is 1. The molecule has 1 aliphatic rings. The van der Waals surface area contributed by atoms with Gasteiger partial charge < -0.3 is 14.6 Å². The van der Waals surface area contributed by atoms with Gasteiger partial charge in [-0.05, 0) is 30.2 Å². The minimum Gasteiger partial charge on any atom is -0.391 e. The van der Waals surface area contributed by atoms with Crippen LogP contribution in [-0.2, 0) is 7.05 Å². The summed E-state index contributed by atoms with van der Waals surface area (Å²) in [6.07, 6.45) is 1.43. The highest BCUT2D eigenvalue weighted by molar-refractivity contribution is 6.31. The fraction of sp³-hybridized carbons (Fsp3) is 0.312. The lowest BCUT2D eigenvalue weighted by atomic mass is 10.0. The van der Waals surface area contributed by atoms with Crippen LogP contribution in [0.15, 0.2) is 36.5 Å². The summed E-state index contributed by atoms with van der Waals surface area (Å²) in [7, 11) is 1.74. The number of carbonyl (C=O) groups excluding carboxylic acids is 1. The molecule has 1 fully saturated rings. The summed E-state index contributed by atoms with van der Waals surface area (Å²) in [5.74, 6) is -0.576. The number of aryl methyl sites for hydroxylation is 1. The van der Waals surface area contributed by atoms with Crippen LogP contribution in [0.3, 0.4) is 0 Å². The first kappa shape index (κ1) is 15.1. The molecule has 116 valence electrons. The highest BCUT2D eigenvalue weighted by Gasteiger charge is 2.36. The molecule has 0 bridgehead atoms. The zero-order valence-corrected chi connectivity index (χ0v) is 12.8. The molecule has 1 saturated heterocycles. The largest absolute Gasteiger partial charge is 0.391 e. The van der Waals surface area contributed by atoms with Crippen molar-refractivity contribution in [3.8, 4) is 0 Å². The van der Waals surface area contributed by atoms with Crippen LogP contribution in [0, 0.1) is 5.82 Å². The zero-order valence-electron chi connectivity index (χ0n) is 12.0. The van der Waals surface area contributed by atoms with Crippen LogP contribution in [0.4, 0.5) is 4.39 Å². The molecule has 1 aromatic heterocycles. The third-order valence-electron chi connectivity index (χ3n) is 3.96. The third kappa shape index (κ3) is 2.74. The van der Waals surface area contributed by atoms with E-state index >= 15 is 0 Å². The Morgan fingerprint density at radius 2 is 2.18 bits per heavy atom. The second-order valence-electron chi connectivity index (χ2n) is 5.57. The van der Waals surface area contributed by atoms with Gasteiger partial charge in [0.2, 0.25) is 0 Å². The first-order valence-electron chi connectivity index (χ1n) is 7.02. The number of aromatic nitrogens is 1. The van der Waals surface area contributed by atoms with Crippen LogP contribution < -0.4 is 0 Å². The lowest BCUT2D eigenvalue weighted by Crippen LogP contribution is -2.33. The molecule has 1 aliphatic heterocycles. The van der Waals surface area contributed by atoms with Gasteiger partial charge in [0.05, 0.1) is 17.2 Å². The van der Waals surface area contributed by atoms with E-state index in [1.165, 1.54) is 12.1 Å². The first-order chi connectivity index (χ1) is 10.5. The minimum absolute atomic E-state index is 0.222. The van der Waals surface area contributed by atoms with Crippen LogP contribution in [0.2, 0.25) is 5.02 Å². The Hall–Kier alpha value is -1.85. The smallest absolute Gasteiger partial charge is 0.271 e. The number of hydrogen-bond donors (Lipinski definition) is 1. The van der Waals surface area contributed by atoms with Gasteiger partial charge in [-0.2, -0.15) is 0 Å². The number of amides is 1. The Balaban J connectivity index is 1.94. The molecule has 2 atom stereocenters. The second-order valence-corrected chi connectivity index (χ2v) is 6.01. The molecule has 0 spiro atoms. The third-order valence-corrected chi connectivity index (χ3v) is 4.17. The number of aliphatic hydroxyl groups is 1. The molecule has 1 N–H and O–H groups in total. The lowest BCUT2D eigenvalue weighted by Gasteiger charge is -2.25. The van der Waals surface area contributed by atoms with Gasteiger partial charge in [-0.25, -0.2) is 4.39 Å². The summed E-state index contributed by atoms with van der Waals surface area (Å²) in [5, 5.41) is 10.4. The maximum absolute atomic E-state index is 13.4. The molecule has 4 nitrogen and oxygen atoms in total. The van der Waals surface area contributed by atoms with E-state index in [2.05, 4.69) is 0 Å². The molecule has 0 unspecified atom stereocenters. The Bertz CT molecular complexity index is 716. The normalized spacial score (nSPS) is 21.4. The quantitative estimate of drug-likeness (QED) is 0.924.